The monoisotopic (exact) mass is 390 g/mol. The van der Waals surface area contributed by atoms with Crippen molar-refractivity contribution in [1.82, 2.24) is 4.31 Å². The van der Waals surface area contributed by atoms with Crippen molar-refractivity contribution >= 4 is 21.6 Å². The number of benzene rings is 2. The highest BCUT2D eigenvalue weighted by molar-refractivity contribution is 7.89. The summed E-state index contributed by atoms with van der Waals surface area (Å²) in [7, 11) is -4.10. The molecule has 0 radical (unpaired) electrons. The van der Waals surface area contributed by atoms with E-state index in [-0.39, 0.29) is 11.4 Å². The summed E-state index contributed by atoms with van der Waals surface area (Å²) in [5.41, 5.74) is -0.621. The van der Waals surface area contributed by atoms with Gasteiger partial charge in [-0.1, -0.05) is 6.92 Å². The minimum atomic E-state index is -4.10. The number of anilines is 1. The van der Waals surface area contributed by atoms with Gasteiger partial charge in [-0.25, -0.2) is 26.0 Å². The zero-order chi connectivity index (χ0) is 19.5. The zero-order valence-corrected chi connectivity index (χ0v) is 14.3. The maximum atomic E-state index is 13.6. The molecule has 5 nitrogen and oxygen atoms in total. The lowest BCUT2D eigenvalue weighted by Gasteiger charge is -2.20. The van der Waals surface area contributed by atoms with Crippen LogP contribution in [0.5, 0.6) is 0 Å². The molecule has 2 rings (SSSR count). The van der Waals surface area contributed by atoms with Gasteiger partial charge in [0.05, 0.1) is 17.1 Å². The molecule has 0 aliphatic rings. The summed E-state index contributed by atoms with van der Waals surface area (Å²) in [5, 5.41) is 1.99. The highest BCUT2D eigenvalue weighted by Gasteiger charge is 2.26. The van der Waals surface area contributed by atoms with Gasteiger partial charge in [0, 0.05) is 6.54 Å². The average molecular weight is 390 g/mol. The van der Waals surface area contributed by atoms with Crippen LogP contribution in [-0.2, 0) is 14.8 Å². The average Bonchev–Trinajstić information content (AvgIpc) is 2.60. The molecule has 0 atom stereocenters. The van der Waals surface area contributed by atoms with Gasteiger partial charge in [-0.3, -0.25) is 4.79 Å². The Kier molecular flexibility index (Phi) is 5.98. The molecular weight excluding hydrogens is 376 g/mol. The fourth-order valence-electron chi connectivity index (χ4n) is 2.09. The predicted molar refractivity (Wildman–Crippen MR) is 85.8 cm³/mol. The predicted octanol–water partition coefficient (Wildman–Crippen LogP) is 2.89. The van der Waals surface area contributed by atoms with Crippen LogP contribution in [0.2, 0.25) is 0 Å². The summed E-state index contributed by atoms with van der Waals surface area (Å²) in [5.74, 6) is -6.35. The lowest BCUT2D eigenvalue weighted by atomic mass is 10.2. The van der Waals surface area contributed by atoms with Crippen LogP contribution >= 0.6 is 0 Å². The molecule has 0 heterocycles. The van der Waals surface area contributed by atoms with Crippen LogP contribution in [0.15, 0.2) is 41.3 Å². The number of rotatable bonds is 6. The standard InChI is InChI=1S/C16H14F4N2O3S/c1-2-22(26(24,25)11-5-3-10(17)4-6-11)9-14(23)21-13-8-7-12(18)15(19)16(13)20/h3-8H,2,9H2,1H3,(H,21,23). The molecule has 1 N–H and O–H groups in total. The Morgan fingerprint density at radius 2 is 1.62 bits per heavy atom. The SMILES string of the molecule is CCN(CC(=O)Nc1ccc(F)c(F)c1F)S(=O)(=O)c1ccc(F)cc1. The van der Waals surface area contributed by atoms with Gasteiger partial charge < -0.3 is 5.32 Å². The Bertz CT molecular complexity index is 918. The Morgan fingerprint density at radius 3 is 2.19 bits per heavy atom. The van der Waals surface area contributed by atoms with Crippen LogP contribution in [0.4, 0.5) is 23.2 Å². The van der Waals surface area contributed by atoms with Gasteiger partial charge in [0.15, 0.2) is 17.5 Å². The molecule has 2 aromatic rings. The van der Waals surface area contributed by atoms with Crippen LogP contribution in [0.3, 0.4) is 0 Å². The third kappa shape index (κ3) is 4.20. The van der Waals surface area contributed by atoms with Crippen molar-refractivity contribution in [3.8, 4) is 0 Å². The molecule has 0 aromatic heterocycles. The Morgan fingerprint density at radius 1 is 1.00 bits per heavy atom. The van der Waals surface area contributed by atoms with Crippen LogP contribution in [0, 0.1) is 23.3 Å². The fraction of sp³-hybridized carbons (Fsp3) is 0.188. The van der Waals surface area contributed by atoms with Gasteiger partial charge in [0.25, 0.3) is 0 Å². The molecule has 0 bridgehead atoms. The highest BCUT2D eigenvalue weighted by atomic mass is 32.2. The Balaban J connectivity index is 2.18. The number of amides is 1. The van der Waals surface area contributed by atoms with Gasteiger partial charge in [-0.2, -0.15) is 4.31 Å². The maximum absolute atomic E-state index is 13.6. The third-order valence-electron chi connectivity index (χ3n) is 3.43. The van der Waals surface area contributed by atoms with E-state index < -0.39 is 51.4 Å². The van der Waals surface area contributed by atoms with Gasteiger partial charge >= 0.3 is 0 Å². The zero-order valence-electron chi connectivity index (χ0n) is 13.5. The van der Waals surface area contributed by atoms with E-state index in [4.69, 9.17) is 0 Å². The van der Waals surface area contributed by atoms with E-state index >= 15 is 0 Å². The minimum Gasteiger partial charge on any atom is -0.322 e. The number of nitrogens with one attached hydrogen (secondary N) is 1. The second-order valence-electron chi connectivity index (χ2n) is 5.16. The molecule has 0 spiro atoms. The first-order valence-corrected chi connectivity index (χ1v) is 8.80. The Hall–Kier alpha value is -2.46. The summed E-state index contributed by atoms with van der Waals surface area (Å²) >= 11 is 0. The van der Waals surface area contributed by atoms with E-state index in [0.717, 1.165) is 34.6 Å². The number of likely N-dealkylation sites (N-methyl/N-ethyl adjacent to an activating group) is 1. The van der Waals surface area contributed by atoms with Gasteiger partial charge in [0.2, 0.25) is 15.9 Å². The largest absolute Gasteiger partial charge is 0.322 e. The second kappa shape index (κ2) is 7.83. The van der Waals surface area contributed by atoms with E-state index in [1.165, 1.54) is 6.92 Å². The van der Waals surface area contributed by atoms with E-state index in [0.29, 0.717) is 6.07 Å². The van der Waals surface area contributed by atoms with E-state index in [1.54, 1.807) is 0 Å². The van der Waals surface area contributed by atoms with E-state index in [1.807, 2.05) is 5.32 Å². The lowest BCUT2D eigenvalue weighted by molar-refractivity contribution is -0.116. The van der Waals surface area contributed by atoms with E-state index in [2.05, 4.69) is 0 Å². The van der Waals surface area contributed by atoms with Gasteiger partial charge in [-0.15, -0.1) is 0 Å². The number of hydrogen-bond donors (Lipinski definition) is 1. The number of hydrogen-bond acceptors (Lipinski definition) is 3. The lowest BCUT2D eigenvalue weighted by Crippen LogP contribution is -2.38. The number of nitrogens with zero attached hydrogens (tertiary/aromatic N) is 1. The van der Waals surface area contributed by atoms with Crippen molar-refractivity contribution in [2.45, 2.75) is 11.8 Å². The van der Waals surface area contributed by atoms with Gasteiger partial charge in [-0.05, 0) is 36.4 Å². The maximum Gasteiger partial charge on any atom is 0.243 e. The minimum absolute atomic E-state index is 0.104. The number of carbonyl (C=O) groups is 1. The molecule has 0 unspecified atom stereocenters. The van der Waals surface area contributed by atoms with Crippen molar-refractivity contribution in [2.24, 2.45) is 0 Å². The van der Waals surface area contributed by atoms with Crippen LogP contribution in [0.1, 0.15) is 6.92 Å². The molecule has 0 fully saturated rings. The fourth-order valence-corrected chi connectivity index (χ4v) is 3.50. The number of sulfonamides is 1. The first-order valence-electron chi connectivity index (χ1n) is 7.36. The summed E-state index contributed by atoms with van der Waals surface area (Å²) in [6.45, 7) is 0.661. The van der Waals surface area contributed by atoms with Crippen molar-refractivity contribution in [1.29, 1.82) is 0 Å². The van der Waals surface area contributed by atoms with Crippen molar-refractivity contribution in [3.63, 3.8) is 0 Å². The summed E-state index contributed by atoms with van der Waals surface area (Å²) in [4.78, 5) is 11.8. The molecule has 0 saturated heterocycles. The second-order valence-corrected chi connectivity index (χ2v) is 7.09. The normalized spacial score (nSPS) is 11.6. The molecule has 0 aliphatic carbocycles. The molecule has 140 valence electrons. The number of halogens is 4. The van der Waals surface area contributed by atoms with Crippen molar-refractivity contribution in [2.75, 3.05) is 18.4 Å². The van der Waals surface area contributed by atoms with Crippen LogP contribution in [0.25, 0.3) is 0 Å². The molecular formula is C16H14F4N2O3S. The molecule has 26 heavy (non-hydrogen) atoms. The molecule has 0 saturated carbocycles. The van der Waals surface area contributed by atoms with Crippen molar-refractivity contribution in [3.05, 3.63) is 59.7 Å². The highest BCUT2D eigenvalue weighted by Crippen LogP contribution is 2.20. The number of carbonyl (C=O) groups excluding carboxylic acids is 1. The smallest absolute Gasteiger partial charge is 0.243 e. The molecule has 2 aromatic carbocycles. The molecule has 0 aliphatic heterocycles. The molecule has 1 amide bonds. The van der Waals surface area contributed by atoms with Crippen LogP contribution < -0.4 is 5.32 Å². The first-order chi connectivity index (χ1) is 12.2. The third-order valence-corrected chi connectivity index (χ3v) is 5.37. The van der Waals surface area contributed by atoms with Gasteiger partial charge in [0.1, 0.15) is 5.82 Å². The first kappa shape index (κ1) is 19.9. The Labute approximate surface area is 147 Å². The molecule has 10 heteroatoms. The van der Waals surface area contributed by atoms with Crippen LogP contribution in [-0.4, -0.2) is 31.7 Å². The summed E-state index contributed by atoms with van der Waals surface area (Å²) in [6, 6.07) is 5.44. The summed E-state index contributed by atoms with van der Waals surface area (Å²) in [6.07, 6.45) is 0. The summed E-state index contributed by atoms with van der Waals surface area (Å²) < 4.78 is 78.3. The van der Waals surface area contributed by atoms with E-state index in [9.17, 15) is 30.8 Å². The topological polar surface area (TPSA) is 66.5 Å². The van der Waals surface area contributed by atoms with Crippen molar-refractivity contribution < 1.29 is 30.8 Å². The quantitative estimate of drug-likeness (QED) is 0.609.